The summed E-state index contributed by atoms with van der Waals surface area (Å²) in [6.07, 6.45) is 6.01. The normalized spacial score (nSPS) is 15.9. The van der Waals surface area contributed by atoms with Gasteiger partial charge in [-0.15, -0.1) is 23.1 Å². The number of nitrogens with one attached hydrogen (secondary N) is 1. The lowest BCUT2D eigenvalue weighted by atomic mass is 10.1. The van der Waals surface area contributed by atoms with E-state index in [-0.39, 0.29) is 6.03 Å². The molecule has 0 radical (unpaired) electrons. The molecule has 1 aliphatic heterocycles. The van der Waals surface area contributed by atoms with E-state index in [1.54, 1.807) is 11.3 Å². The van der Waals surface area contributed by atoms with Crippen LogP contribution in [0.2, 0.25) is 0 Å². The smallest absolute Gasteiger partial charge is 0.341 e. The molecular formula is C19H26N4O2S2. The molecule has 0 spiro atoms. The van der Waals surface area contributed by atoms with Crippen LogP contribution in [0.25, 0.3) is 5.00 Å². The molecule has 6 nitrogen and oxygen atoms in total. The number of aromatic nitrogens is 1. The largest absolute Gasteiger partial charge is 0.379 e. The monoisotopic (exact) mass is 406 g/mol. The van der Waals surface area contributed by atoms with Gasteiger partial charge in [0.1, 0.15) is 5.00 Å². The standard InChI is InChI=1S/C19H26N4O2S2/c1-14-16(12-20-19(24)21-15(2)26-3)18(23-6-4-5-7-23)27-17(14)13-22-8-10-25-11-9-22/h4-7H,8-13H2,1-3H3,(H,20,24). The van der Waals surface area contributed by atoms with Gasteiger partial charge in [0.25, 0.3) is 0 Å². The summed E-state index contributed by atoms with van der Waals surface area (Å²) in [6.45, 7) is 8.91. The van der Waals surface area contributed by atoms with Crippen LogP contribution >= 0.6 is 23.1 Å². The summed E-state index contributed by atoms with van der Waals surface area (Å²) in [5.41, 5.74) is 2.41. The van der Waals surface area contributed by atoms with Crippen molar-refractivity contribution in [1.29, 1.82) is 0 Å². The molecule has 8 heteroatoms. The van der Waals surface area contributed by atoms with Gasteiger partial charge in [0.05, 0.1) is 18.3 Å². The van der Waals surface area contributed by atoms with Crippen LogP contribution in [0.5, 0.6) is 0 Å². The van der Waals surface area contributed by atoms with Crippen LogP contribution in [-0.4, -0.2) is 53.1 Å². The predicted octanol–water partition coefficient (Wildman–Crippen LogP) is 3.67. The second-order valence-corrected chi connectivity index (χ2v) is 8.49. The number of rotatable bonds is 5. The van der Waals surface area contributed by atoms with Crippen molar-refractivity contribution in [3.05, 3.63) is 40.5 Å². The Hall–Kier alpha value is -1.61. The molecule has 146 valence electrons. The van der Waals surface area contributed by atoms with Crippen LogP contribution in [0.15, 0.2) is 29.5 Å². The van der Waals surface area contributed by atoms with E-state index < -0.39 is 0 Å². The molecule has 2 amide bonds. The number of thiophene rings is 1. The maximum absolute atomic E-state index is 12.1. The number of urea groups is 1. The lowest BCUT2D eigenvalue weighted by molar-refractivity contribution is 0.0345. The number of carbonyl (C=O) groups is 1. The first kappa shape index (κ1) is 20.1. The lowest BCUT2D eigenvalue weighted by Crippen LogP contribution is -2.35. The molecule has 0 unspecified atom stereocenters. The number of carbonyl (C=O) groups excluding carboxylic acids is 1. The van der Waals surface area contributed by atoms with E-state index in [1.165, 1.54) is 22.2 Å². The molecule has 0 aliphatic carbocycles. The number of morpholine rings is 1. The zero-order chi connectivity index (χ0) is 19.2. The van der Waals surface area contributed by atoms with E-state index in [2.05, 4.69) is 26.7 Å². The highest BCUT2D eigenvalue weighted by molar-refractivity contribution is 8.13. The van der Waals surface area contributed by atoms with Crippen molar-refractivity contribution in [2.75, 3.05) is 32.6 Å². The highest BCUT2D eigenvalue weighted by atomic mass is 32.2. The van der Waals surface area contributed by atoms with E-state index in [1.807, 2.05) is 37.7 Å². The third kappa shape index (κ3) is 5.22. The molecule has 27 heavy (non-hydrogen) atoms. The molecule has 0 saturated carbocycles. The number of aliphatic imine (C=N–C) groups is 1. The molecule has 1 fully saturated rings. The van der Waals surface area contributed by atoms with Crippen molar-refractivity contribution in [2.45, 2.75) is 26.9 Å². The minimum Gasteiger partial charge on any atom is -0.379 e. The third-order valence-corrected chi connectivity index (χ3v) is 6.64. The minimum atomic E-state index is -0.291. The number of hydrogen-bond donors (Lipinski definition) is 1. The molecular weight excluding hydrogens is 380 g/mol. The zero-order valence-corrected chi connectivity index (χ0v) is 17.7. The Morgan fingerprint density at radius 2 is 2.04 bits per heavy atom. The first-order valence-corrected chi connectivity index (χ1v) is 11.0. The van der Waals surface area contributed by atoms with Gasteiger partial charge in [0, 0.05) is 49.0 Å². The van der Waals surface area contributed by atoms with Crippen LogP contribution < -0.4 is 5.32 Å². The topological polar surface area (TPSA) is 58.9 Å². The number of hydrogen-bond acceptors (Lipinski definition) is 5. The highest BCUT2D eigenvalue weighted by Crippen LogP contribution is 2.32. The van der Waals surface area contributed by atoms with Crippen LogP contribution in [0.3, 0.4) is 0 Å². The van der Waals surface area contributed by atoms with E-state index in [0.717, 1.165) is 48.5 Å². The van der Waals surface area contributed by atoms with Crippen molar-refractivity contribution >= 4 is 34.2 Å². The predicted molar refractivity (Wildman–Crippen MR) is 113 cm³/mol. The fraction of sp³-hybridized carbons (Fsp3) is 0.474. The molecule has 1 saturated heterocycles. The van der Waals surface area contributed by atoms with Crippen LogP contribution in [0, 0.1) is 6.92 Å². The molecule has 2 aromatic heterocycles. The number of ether oxygens (including phenoxy) is 1. The fourth-order valence-electron chi connectivity index (χ4n) is 2.98. The Morgan fingerprint density at radius 3 is 2.70 bits per heavy atom. The van der Waals surface area contributed by atoms with Gasteiger partial charge in [-0.2, -0.15) is 4.99 Å². The molecule has 0 bridgehead atoms. The second-order valence-electron chi connectivity index (χ2n) is 6.41. The number of thioether (sulfide) groups is 1. The van der Waals surface area contributed by atoms with E-state index in [4.69, 9.17) is 4.74 Å². The van der Waals surface area contributed by atoms with E-state index in [9.17, 15) is 4.79 Å². The summed E-state index contributed by atoms with van der Waals surface area (Å²) in [6, 6.07) is 3.75. The Morgan fingerprint density at radius 1 is 1.33 bits per heavy atom. The van der Waals surface area contributed by atoms with E-state index in [0.29, 0.717) is 6.54 Å². The average Bonchev–Trinajstić information content (AvgIpc) is 3.30. The van der Waals surface area contributed by atoms with Crippen LogP contribution in [0.4, 0.5) is 4.79 Å². The fourth-order valence-corrected chi connectivity index (χ4v) is 4.48. The van der Waals surface area contributed by atoms with Crippen molar-refractivity contribution in [1.82, 2.24) is 14.8 Å². The summed E-state index contributed by atoms with van der Waals surface area (Å²) in [5.74, 6) is 0. The summed E-state index contributed by atoms with van der Waals surface area (Å²) in [4.78, 5) is 19.9. The van der Waals surface area contributed by atoms with Gasteiger partial charge >= 0.3 is 6.03 Å². The molecule has 1 aliphatic rings. The minimum absolute atomic E-state index is 0.291. The zero-order valence-electron chi connectivity index (χ0n) is 16.0. The summed E-state index contributed by atoms with van der Waals surface area (Å²) in [5, 5.41) is 4.86. The number of nitrogens with zero attached hydrogens (tertiary/aromatic N) is 3. The molecule has 0 aromatic carbocycles. The van der Waals surface area contributed by atoms with Crippen molar-refractivity contribution in [3.63, 3.8) is 0 Å². The first-order valence-electron chi connectivity index (χ1n) is 9.00. The number of amides is 2. The SMILES string of the molecule is CSC(C)=NC(=O)NCc1c(-n2cccc2)sc(CN2CCOCC2)c1C. The van der Waals surface area contributed by atoms with Crippen molar-refractivity contribution in [3.8, 4) is 5.00 Å². The van der Waals surface area contributed by atoms with Crippen LogP contribution in [-0.2, 0) is 17.8 Å². The van der Waals surface area contributed by atoms with Gasteiger partial charge in [-0.25, -0.2) is 4.79 Å². The van der Waals surface area contributed by atoms with Gasteiger partial charge in [-0.1, -0.05) is 0 Å². The lowest BCUT2D eigenvalue weighted by Gasteiger charge is -2.26. The molecule has 2 aromatic rings. The molecule has 0 atom stereocenters. The van der Waals surface area contributed by atoms with Crippen molar-refractivity contribution in [2.24, 2.45) is 4.99 Å². The molecule has 3 rings (SSSR count). The summed E-state index contributed by atoms with van der Waals surface area (Å²) < 4.78 is 7.58. The summed E-state index contributed by atoms with van der Waals surface area (Å²) in [7, 11) is 0. The Kier molecular flexibility index (Phi) is 7.12. The van der Waals surface area contributed by atoms with E-state index >= 15 is 0 Å². The van der Waals surface area contributed by atoms with Gasteiger partial charge in [0.15, 0.2) is 0 Å². The molecule has 3 heterocycles. The maximum Gasteiger partial charge on any atom is 0.341 e. The van der Waals surface area contributed by atoms with Gasteiger partial charge < -0.3 is 14.6 Å². The first-order chi connectivity index (χ1) is 13.1. The Labute approximate surface area is 168 Å². The van der Waals surface area contributed by atoms with Crippen molar-refractivity contribution < 1.29 is 9.53 Å². The molecule has 1 N–H and O–H groups in total. The Bertz CT molecular complexity index is 793. The van der Waals surface area contributed by atoms with Crippen LogP contribution in [0.1, 0.15) is 22.9 Å². The van der Waals surface area contributed by atoms with Gasteiger partial charge in [-0.05, 0) is 37.8 Å². The third-order valence-electron chi connectivity index (χ3n) is 4.63. The Balaban J connectivity index is 1.81. The highest BCUT2D eigenvalue weighted by Gasteiger charge is 2.19. The average molecular weight is 407 g/mol. The second kappa shape index (κ2) is 9.54. The van der Waals surface area contributed by atoms with Gasteiger partial charge in [-0.3, -0.25) is 4.90 Å². The maximum atomic E-state index is 12.1. The quantitative estimate of drug-likeness (QED) is 0.608. The summed E-state index contributed by atoms with van der Waals surface area (Å²) >= 11 is 3.27. The van der Waals surface area contributed by atoms with Gasteiger partial charge in [0.2, 0.25) is 0 Å².